The molecule has 1 saturated heterocycles. The van der Waals surface area contributed by atoms with Gasteiger partial charge in [-0.25, -0.2) is 13.4 Å². The summed E-state index contributed by atoms with van der Waals surface area (Å²) >= 11 is 1.47. The lowest BCUT2D eigenvalue weighted by atomic mass is 10.2. The van der Waals surface area contributed by atoms with Crippen LogP contribution in [0.3, 0.4) is 0 Å². The van der Waals surface area contributed by atoms with Crippen LogP contribution >= 0.6 is 11.3 Å². The first-order valence-electron chi connectivity index (χ1n) is 12.4. The maximum Gasteiger partial charge on any atom is 0.264 e. The number of anilines is 2. The molecular weight excluding hydrogens is 506 g/mol. The summed E-state index contributed by atoms with van der Waals surface area (Å²) in [6.45, 7) is 5.18. The van der Waals surface area contributed by atoms with Gasteiger partial charge >= 0.3 is 0 Å². The first-order chi connectivity index (χ1) is 17.9. The minimum atomic E-state index is -3.78. The average Bonchev–Trinajstić information content (AvgIpc) is 3.58. The van der Waals surface area contributed by atoms with E-state index in [1.54, 1.807) is 36.1 Å². The largest absolute Gasteiger partial charge is 0.376 e. The smallest absolute Gasteiger partial charge is 0.264 e. The Labute approximate surface area is 221 Å². The monoisotopic (exact) mass is 535 g/mol. The van der Waals surface area contributed by atoms with Gasteiger partial charge in [-0.05, 0) is 74.7 Å². The van der Waals surface area contributed by atoms with Crippen molar-refractivity contribution < 1.29 is 17.9 Å². The number of rotatable bonds is 8. The Morgan fingerprint density at radius 3 is 2.46 bits per heavy atom. The topological polar surface area (TPSA) is 79.8 Å². The number of aromatic nitrogens is 1. The van der Waals surface area contributed by atoms with Gasteiger partial charge in [-0.2, -0.15) is 0 Å². The lowest BCUT2D eigenvalue weighted by Crippen LogP contribution is -2.37. The molecule has 192 valence electrons. The molecular formula is C28H29N3O4S2. The molecule has 4 aromatic rings. The van der Waals surface area contributed by atoms with Gasteiger partial charge in [0, 0.05) is 18.7 Å². The van der Waals surface area contributed by atoms with Gasteiger partial charge in [-0.1, -0.05) is 41.7 Å². The van der Waals surface area contributed by atoms with Crippen LogP contribution in [0.15, 0.2) is 77.7 Å². The predicted octanol–water partition coefficient (Wildman–Crippen LogP) is 5.65. The molecule has 7 nitrogen and oxygen atoms in total. The van der Waals surface area contributed by atoms with Gasteiger partial charge in [0.1, 0.15) is 0 Å². The van der Waals surface area contributed by atoms with Crippen molar-refractivity contribution in [1.29, 1.82) is 0 Å². The number of carbonyl (C=O) groups excluding carboxylic acids is 1. The fourth-order valence-corrected chi connectivity index (χ4v) is 7.09. The highest BCUT2D eigenvalue weighted by Gasteiger charge is 2.28. The summed E-state index contributed by atoms with van der Waals surface area (Å²) in [5.41, 5.74) is 2.93. The van der Waals surface area contributed by atoms with E-state index in [0.717, 1.165) is 28.6 Å². The highest BCUT2D eigenvalue weighted by molar-refractivity contribution is 7.92. The first-order valence-corrected chi connectivity index (χ1v) is 14.6. The van der Waals surface area contributed by atoms with Gasteiger partial charge in [0.25, 0.3) is 15.9 Å². The summed E-state index contributed by atoms with van der Waals surface area (Å²) in [6, 6.07) is 21.1. The Balaban J connectivity index is 1.45. The molecule has 1 amide bonds. The summed E-state index contributed by atoms with van der Waals surface area (Å²) < 4.78 is 34.9. The Kier molecular flexibility index (Phi) is 7.28. The number of benzene rings is 3. The minimum absolute atomic E-state index is 0.0549. The maximum absolute atomic E-state index is 13.7. The van der Waals surface area contributed by atoms with E-state index >= 15 is 0 Å². The number of sulfonamides is 1. The number of hydrogen-bond donors (Lipinski definition) is 0. The third kappa shape index (κ3) is 5.12. The quantitative estimate of drug-likeness (QED) is 0.292. The second-order valence-electron chi connectivity index (χ2n) is 9.00. The molecule has 0 radical (unpaired) electrons. The number of carbonyl (C=O) groups is 1. The molecule has 3 aromatic carbocycles. The molecule has 0 bridgehead atoms. The van der Waals surface area contributed by atoms with Crippen LogP contribution in [-0.4, -0.2) is 45.1 Å². The van der Waals surface area contributed by atoms with E-state index in [4.69, 9.17) is 9.72 Å². The fourth-order valence-electron chi connectivity index (χ4n) is 4.57. The number of thiazole rings is 1. The number of aryl methyl sites for hydroxylation is 1. The predicted molar refractivity (Wildman–Crippen MR) is 148 cm³/mol. The van der Waals surface area contributed by atoms with Gasteiger partial charge < -0.3 is 4.74 Å². The Hall–Kier alpha value is -3.27. The molecule has 0 aliphatic carbocycles. The van der Waals surface area contributed by atoms with Gasteiger partial charge in [0.05, 0.1) is 33.4 Å². The molecule has 0 N–H and O–H groups in total. The summed E-state index contributed by atoms with van der Waals surface area (Å²) in [4.78, 5) is 20.3. The minimum Gasteiger partial charge on any atom is -0.376 e. The number of fused-ring (bicyclic) bond motifs is 1. The molecule has 1 aliphatic rings. The zero-order valence-corrected chi connectivity index (χ0v) is 22.5. The molecule has 1 atom stereocenters. The fraction of sp³-hybridized carbons (Fsp3) is 0.286. The summed E-state index contributed by atoms with van der Waals surface area (Å²) in [7, 11) is -3.78. The maximum atomic E-state index is 13.7. The molecule has 1 aromatic heterocycles. The number of ether oxygens (including phenoxy) is 1. The van der Waals surface area contributed by atoms with Gasteiger partial charge in [0.2, 0.25) is 0 Å². The van der Waals surface area contributed by atoms with Crippen molar-refractivity contribution >= 4 is 48.3 Å². The summed E-state index contributed by atoms with van der Waals surface area (Å²) in [5.74, 6) is -0.230. The van der Waals surface area contributed by atoms with Crippen molar-refractivity contribution in [3.8, 4) is 0 Å². The van der Waals surface area contributed by atoms with E-state index in [-0.39, 0.29) is 16.9 Å². The first kappa shape index (κ1) is 25.4. The van der Waals surface area contributed by atoms with Crippen molar-refractivity contribution in [1.82, 2.24) is 4.98 Å². The third-order valence-electron chi connectivity index (χ3n) is 6.52. The molecule has 2 heterocycles. The van der Waals surface area contributed by atoms with E-state index in [9.17, 15) is 13.2 Å². The number of nitrogens with zero attached hydrogens (tertiary/aromatic N) is 3. The van der Waals surface area contributed by atoms with Crippen LogP contribution in [0.4, 0.5) is 10.8 Å². The Bertz CT molecular complexity index is 1500. The van der Waals surface area contributed by atoms with Crippen molar-refractivity contribution in [3.63, 3.8) is 0 Å². The van der Waals surface area contributed by atoms with Crippen LogP contribution in [0.25, 0.3) is 10.2 Å². The van der Waals surface area contributed by atoms with Crippen LogP contribution in [0, 0.1) is 6.92 Å². The lowest BCUT2D eigenvalue weighted by molar-refractivity contribution is 0.0917. The van der Waals surface area contributed by atoms with Gasteiger partial charge in [-0.3, -0.25) is 14.0 Å². The van der Waals surface area contributed by atoms with Crippen LogP contribution in [0.2, 0.25) is 0 Å². The summed E-state index contributed by atoms with van der Waals surface area (Å²) in [6.07, 6.45) is 1.80. The van der Waals surface area contributed by atoms with E-state index < -0.39 is 10.0 Å². The Morgan fingerprint density at radius 2 is 1.81 bits per heavy atom. The summed E-state index contributed by atoms with van der Waals surface area (Å²) in [5, 5.41) is 0.614. The molecule has 9 heteroatoms. The highest BCUT2D eigenvalue weighted by atomic mass is 32.2. The zero-order chi connectivity index (χ0) is 26.0. The highest BCUT2D eigenvalue weighted by Crippen LogP contribution is 2.32. The van der Waals surface area contributed by atoms with Crippen LogP contribution in [-0.2, 0) is 14.8 Å². The van der Waals surface area contributed by atoms with E-state index in [1.807, 2.05) is 43.3 Å². The van der Waals surface area contributed by atoms with E-state index in [2.05, 4.69) is 0 Å². The Morgan fingerprint density at radius 1 is 1.05 bits per heavy atom. The number of para-hydroxylation sites is 2. The van der Waals surface area contributed by atoms with Crippen molar-refractivity contribution in [2.45, 2.75) is 37.7 Å². The molecule has 1 aliphatic heterocycles. The molecule has 0 saturated carbocycles. The molecule has 1 unspecified atom stereocenters. The molecule has 5 rings (SSSR count). The second-order valence-corrected chi connectivity index (χ2v) is 11.9. The van der Waals surface area contributed by atoms with E-state index in [0.29, 0.717) is 36.1 Å². The second kappa shape index (κ2) is 10.6. The van der Waals surface area contributed by atoms with Crippen LogP contribution in [0.1, 0.15) is 35.7 Å². The zero-order valence-electron chi connectivity index (χ0n) is 20.8. The van der Waals surface area contributed by atoms with Gasteiger partial charge in [-0.15, -0.1) is 0 Å². The standard InChI is InChI=1S/C28H29N3O4S2/c1-3-31(22-10-5-4-6-11-22)37(33,34)24-16-14-21(15-17-24)27(32)30(19-23-12-8-18-35-23)28-29-26-20(2)9-7-13-25(26)36-28/h4-7,9-11,13-17,23H,3,8,12,18-19H2,1-2H3. The van der Waals surface area contributed by atoms with E-state index in [1.165, 1.54) is 27.8 Å². The van der Waals surface area contributed by atoms with Crippen molar-refractivity contribution in [2.75, 3.05) is 28.9 Å². The SMILES string of the molecule is CCN(c1ccccc1)S(=O)(=O)c1ccc(C(=O)N(CC2CCCO2)c2nc3c(C)cccc3s2)cc1. The third-order valence-corrected chi connectivity index (χ3v) is 9.48. The van der Waals surface area contributed by atoms with Crippen molar-refractivity contribution in [2.24, 2.45) is 0 Å². The van der Waals surface area contributed by atoms with Crippen molar-refractivity contribution in [3.05, 3.63) is 83.9 Å². The number of amides is 1. The molecule has 0 spiro atoms. The van der Waals surface area contributed by atoms with Crippen LogP contribution < -0.4 is 9.21 Å². The molecule has 37 heavy (non-hydrogen) atoms. The lowest BCUT2D eigenvalue weighted by Gasteiger charge is -2.24. The molecule has 1 fully saturated rings. The van der Waals surface area contributed by atoms with Crippen LogP contribution in [0.5, 0.6) is 0 Å². The van der Waals surface area contributed by atoms with Gasteiger partial charge in [0.15, 0.2) is 5.13 Å². The number of hydrogen-bond acceptors (Lipinski definition) is 6. The normalized spacial score (nSPS) is 15.7. The average molecular weight is 536 g/mol.